The van der Waals surface area contributed by atoms with E-state index < -0.39 is 27.9 Å². The number of carbonyl (C=O) groups excluding carboxylic acids is 1. The average Bonchev–Trinajstić information content (AvgIpc) is 2.71. The number of likely N-dealkylation sites (tertiary alicyclic amines) is 1. The van der Waals surface area contributed by atoms with E-state index in [1.165, 1.54) is 4.90 Å². The van der Waals surface area contributed by atoms with Crippen LogP contribution in [0.4, 0.5) is 4.79 Å². The summed E-state index contributed by atoms with van der Waals surface area (Å²) in [6.07, 6.45) is 2.60. The minimum absolute atomic E-state index is 0.00956. The SMILES string of the molecule is CS(=O)(=O)CCCNC(=O)N1CCC[C@H]1C(=O)O. The zero-order valence-corrected chi connectivity index (χ0v) is 11.1. The van der Waals surface area contributed by atoms with Crippen LogP contribution in [-0.2, 0) is 14.6 Å². The molecule has 0 aromatic carbocycles. The predicted molar refractivity (Wildman–Crippen MR) is 65.1 cm³/mol. The van der Waals surface area contributed by atoms with E-state index in [0.29, 0.717) is 25.8 Å². The molecule has 0 aliphatic carbocycles. The molecule has 0 aromatic rings. The van der Waals surface area contributed by atoms with Gasteiger partial charge in [0.15, 0.2) is 0 Å². The number of carboxylic acids is 1. The van der Waals surface area contributed by atoms with Gasteiger partial charge in [-0.25, -0.2) is 18.0 Å². The Bertz CT molecular complexity index is 420. The van der Waals surface area contributed by atoms with Crippen LogP contribution in [-0.4, -0.2) is 61.6 Å². The molecule has 0 bridgehead atoms. The number of rotatable bonds is 5. The molecule has 1 fully saturated rings. The molecular weight excluding hydrogens is 260 g/mol. The molecule has 2 amide bonds. The fraction of sp³-hybridized carbons (Fsp3) is 0.800. The highest BCUT2D eigenvalue weighted by Gasteiger charge is 2.33. The normalized spacial score (nSPS) is 19.8. The quantitative estimate of drug-likeness (QED) is 0.671. The molecule has 0 aromatic heterocycles. The average molecular weight is 278 g/mol. The molecule has 0 radical (unpaired) electrons. The van der Waals surface area contributed by atoms with Gasteiger partial charge >= 0.3 is 12.0 Å². The topological polar surface area (TPSA) is 104 Å². The smallest absolute Gasteiger partial charge is 0.326 e. The lowest BCUT2D eigenvalue weighted by atomic mass is 10.2. The Hall–Kier alpha value is -1.31. The second-order valence-corrected chi connectivity index (χ2v) is 6.66. The molecule has 104 valence electrons. The fourth-order valence-electron chi connectivity index (χ4n) is 1.90. The fourth-order valence-corrected chi connectivity index (χ4v) is 2.57. The number of sulfone groups is 1. The standard InChI is InChI=1S/C10H18N2O5S/c1-18(16,17)7-3-5-11-10(15)12-6-2-4-8(12)9(13)14/h8H,2-7H2,1H3,(H,11,15)(H,13,14)/t8-/m0/s1. The summed E-state index contributed by atoms with van der Waals surface area (Å²) in [7, 11) is -3.02. The highest BCUT2D eigenvalue weighted by atomic mass is 32.2. The molecule has 1 aliphatic rings. The minimum atomic E-state index is -3.02. The van der Waals surface area contributed by atoms with Gasteiger partial charge in [0.25, 0.3) is 0 Å². The lowest BCUT2D eigenvalue weighted by Crippen LogP contribution is -2.46. The van der Waals surface area contributed by atoms with Gasteiger partial charge in [0.05, 0.1) is 5.75 Å². The molecule has 1 atom stereocenters. The Morgan fingerprint density at radius 1 is 1.44 bits per heavy atom. The van der Waals surface area contributed by atoms with E-state index in [0.717, 1.165) is 6.26 Å². The lowest BCUT2D eigenvalue weighted by molar-refractivity contribution is -0.141. The third kappa shape index (κ3) is 4.52. The maximum Gasteiger partial charge on any atom is 0.326 e. The van der Waals surface area contributed by atoms with E-state index >= 15 is 0 Å². The third-order valence-corrected chi connectivity index (χ3v) is 3.80. The van der Waals surface area contributed by atoms with Crippen molar-refractivity contribution in [3.63, 3.8) is 0 Å². The summed E-state index contributed by atoms with van der Waals surface area (Å²) in [6, 6.07) is -1.20. The molecular formula is C10H18N2O5S. The molecule has 7 nitrogen and oxygen atoms in total. The first-order valence-corrected chi connectivity index (χ1v) is 7.82. The molecule has 0 spiro atoms. The number of nitrogens with zero attached hydrogens (tertiary/aromatic N) is 1. The Morgan fingerprint density at radius 3 is 2.67 bits per heavy atom. The molecule has 1 saturated heterocycles. The molecule has 18 heavy (non-hydrogen) atoms. The lowest BCUT2D eigenvalue weighted by Gasteiger charge is -2.21. The number of aliphatic carboxylic acids is 1. The number of nitrogens with one attached hydrogen (secondary N) is 1. The van der Waals surface area contributed by atoms with E-state index in [1.807, 2.05) is 0 Å². The Kier molecular flexibility index (Phi) is 4.94. The second-order valence-electron chi connectivity index (χ2n) is 4.41. The van der Waals surface area contributed by atoms with Crippen molar-refractivity contribution in [3.05, 3.63) is 0 Å². The van der Waals surface area contributed by atoms with E-state index in [4.69, 9.17) is 5.11 Å². The van der Waals surface area contributed by atoms with E-state index in [-0.39, 0.29) is 12.3 Å². The molecule has 1 aliphatic heterocycles. The summed E-state index contributed by atoms with van der Waals surface area (Å²) in [4.78, 5) is 23.8. The Labute approximate surface area is 106 Å². The van der Waals surface area contributed by atoms with Crippen LogP contribution in [0.1, 0.15) is 19.3 Å². The van der Waals surface area contributed by atoms with Gasteiger partial charge in [0.1, 0.15) is 15.9 Å². The first-order valence-electron chi connectivity index (χ1n) is 5.76. The first kappa shape index (κ1) is 14.7. The van der Waals surface area contributed by atoms with E-state index in [2.05, 4.69) is 5.32 Å². The Balaban J connectivity index is 2.35. The first-order chi connectivity index (χ1) is 8.31. The van der Waals surface area contributed by atoms with Gasteiger partial charge in [-0.1, -0.05) is 0 Å². The number of amides is 2. The van der Waals surface area contributed by atoms with Gasteiger partial charge in [-0.2, -0.15) is 0 Å². The monoisotopic (exact) mass is 278 g/mol. The summed E-state index contributed by atoms with van der Waals surface area (Å²) in [5, 5.41) is 11.5. The van der Waals surface area contributed by atoms with Crippen LogP contribution in [0.25, 0.3) is 0 Å². The molecule has 8 heteroatoms. The van der Waals surface area contributed by atoms with Crippen LogP contribution in [0.2, 0.25) is 0 Å². The zero-order valence-electron chi connectivity index (χ0n) is 10.3. The molecule has 0 unspecified atom stereocenters. The molecule has 1 rings (SSSR count). The number of carbonyl (C=O) groups is 2. The van der Waals surface area contributed by atoms with E-state index in [9.17, 15) is 18.0 Å². The van der Waals surface area contributed by atoms with Crippen LogP contribution in [0.15, 0.2) is 0 Å². The van der Waals surface area contributed by atoms with Gasteiger partial charge in [-0.05, 0) is 19.3 Å². The number of hydrogen-bond acceptors (Lipinski definition) is 4. The van der Waals surface area contributed by atoms with Crippen molar-refractivity contribution in [2.24, 2.45) is 0 Å². The van der Waals surface area contributed by atoms with Gasteiger partial charge in [0, 0.05) is 19.3 Å². The van der Waals surface area contributed by atoms with Crippen molar-refractivity contribution in [1.82, 2.24) is 10.2 Å². The minimum Gasteiger partial charge on any atom is -0.480 e. The highest BCUT2D eigenvalue weighted by Crippen LogP contribution is 2.17. The largest absolute Gasteiger partial charge is 0.480 e. The van der Waals surface area contributed by atoms with Gasteiger partial charge < -0.3 is 15.3 Å². The van der Waals surface area contributed by atoms with Gasteiger partial charge in [-0.3, -0.25) is 0 Å². The van der Waals surface area contributed by atoms with Crippen LogP contribution < -0.4 is 5.32 Å². The van der Waals surface area contributed by atoms with Crippen molar-refractivity contribution in [1.29, 1.82) is 0 Å². The van der Waals surface area contributed by atoms with Crippen LogP contribution in [0.3, 0.4) is 0 Å². The van der Waals surface area contributed by atoms with Crippen molar-refractivity contribution in [2.45, 2.75) is 25.3 Å². The number of urea groups is 1. The van der Waals surface area contributed by atoms with Crippen molar-refractivity contribution < 1.29 is 23.1 Å². The summed E-state index contributed by atoms with van der Waals surface area (Å²) in [6.45, 7) is 0.656. The molecule has 0 saturated carbocycles. The van der Waals surface area contributed by atoms with E-state index in [1.54, 1.807) is 0 Å². The third-order valence-electron chi connectivity index (χ3n) is 2.77. The number of carboxylic acid groups (broad SMARTS) is 1. The van der Waals surface area contributed by atoms with Crippen molar-refractivity contribution in [2.75, 3.05) is 25.1 Å². The number of hydrogen-bond donors (Lipinski definition) is 2. The van der Waals surface area contributed by atoms with Crippen LogP contribution in [0, 0.1) is 0 Å². The van der Waals surface area contributed by atoms with Crippen LogP contribution >= 0.6 is 0 Å². The summed E-state index contributed by atoms with van der Waals surface area (Å²) in [5.74, 6) is -0.992. The van der Waals surface area contributed by atoms with Gasteiger partial charge in [0.2, 0.25) is 0 Å². The van der Waals surface area contributed by atoms with Gasteiger partial charge in [-0.15, -0.1) is 0 Å². The summed E-state index contributed by atoms with van der Waals surface area (Å²) >= 11 is 0. The maximum absolute atomic E-state index is 11.7. The predicted octanol–water partition coefficient (Wildman–Crippen LogP) is -0.320. The summed E-state index contributed by atoms with van der Waals surface area (Å²) < 4.78 is 21.7. The molecule has 1 heterocycles. The Morgan fingerprint density at radius 2 is 2.11 bits per heavy atom. The van der Waals surface area contributed by atoms with Crippen molar-refractivity contribution in [3.8, 4) is 0 Å². The second kappa shape index (κ2) is 6.03. The highest BCUT2D eigenvalue weighted by molar-refractivity contribution is 7.90. The van der Waals surface area contributed by atoms with Crippen molar-refractivity contribution >= 4 is 21.8 Å². The van der Waals surface area contributed by atoms with Crippen LogP contribution in [0.5, 0.6) is 0 Å². The zero-order chi connectivity index (χ0) is 13.8. The maximum atomic E-state index is 11.7. The molecule has 2 N–H and O–H groups in total. The summed E-state index contributed by atoms with van der Waals surface area (Å²) in [5.41, 5.74) is 0.